The van der Waals surface area contributed by atoms with Crippen LogP contribution in [0.15, 0.2) is 40.9 Å². The number of esters is 1. The molecule has 7 nitrogen and oxygen atoms in total. The van der Waals surface area contributed by atoms with Crippen molar-refractivity contribution in [1.82, 2.24) is 10.1 Å². The Bertz CT molecular complexity index is 1780. The third-order valence-electron chi connectivity index (χ3n) is 8.75. The Hall–Kier alpha value is -3.16. The highest BCUT2D eigenvalue weighted by Gasteiger charge is 2.43. The molecule has 4 heterocycles. The van der Waals surface area contributed by atoms with Crippen molar-refractivity contribution in [3.8, 4) is 22.7 Å². The van der Waals surface area contributed by atoms with Crippen LogP contribution in [0.1, 0.15) is 71.7 Å². The molecule has 3 fully saturated rings. The number of hydrogen-bond donors (Lipinski definition) is 0. The number of aromatic nitrogens is 2. The Kier molecular flexibility index (Phi) is 7.82. The van der Waals surface area contributed by atoms with Gasteiger partial charge < -0.3 is 18.9 Å². The average molecular weight is 646 g/mol. The Balaban J connectivity index is 1.12. The highest BCUT2D eigenvalue weighted by molar-refractivity contribution is 7.22. The summed E-state index contributed by atoms with van der Waals surface area (Å²) in [7, 11) is -0.216. The van der Waals surface area contributed by atoms with Gasteiger partial charge in [-0.25, -0.2) is 9.78 Å². The lowest BCUT2D eigenvalue weighted by molar-refractivity contribution is 0.0147. The number of hydrogen-bond acceptors (Lipinski definition) is 8. The van der Waals surface area contributed by atoms with Crippen molar-refractivity contribution in [1.29, 1.82) is 0 Å². The summed E-state index contributed by atoms with van der Waals surface area (Å²) in [5, 5.41) is 6.12. The smallest absolute Gasteiger partial charge is 0.337 e. The Morgan fingerprint density at radius 1 is 1.14 bits per heavy atom. The predicted molar refractivity (Wildman–Crippen MR) is 177 cm³/mol. The van der Waals surface area contributed by atoms with E-state index in [0.29, 0.717) is 35.2 Å². The van der Waals surface area contributed by atoms with E-state index in [4.69, 9.17) is 30.6 Å². The van der Waals surface area contributed by atoms with Crippen molar-refractivity contribution in [2.75, 3.05) is 12.0 Å². The standard InChI is InChI=1S/C34H36ClN3O4SSi/c1-40-33(39)22-15-21(13-14-44(2,3)4)30-29(16-22)43-34(36-30)38-23-11-12-24(38)18-25(17-23)41-19-27-31(26-7-5-6-8-28(26)35)37-42-32(27)20-9-10-20/h5-8,15-16,20,23-25H,9-12,17-19H2,1-4H3. The molecule has 3 aliphatic rings. The van der Waals surface area contributed by atoms with Crippen LogP contribution in [0.4, 0.5) is 5.13 Å². The molecule has 2 saturated heterocycles. The number of nitrogens with zero attached hydrogens (tertiary/aromatic N) is 3. The maximum absolute atomic E-state index is 12.5. The summed E-state index contributed by atoms with van der Waals surface area (Å²) in [5.41, 5.74) is 8.35. The van der Waals surface area contributed by atoms with Gasteiger partial charge in [0, 0.05) is 29.1 Å². The molecular weight excluding hydrogens is 610 g/mol. The van der Waals surface area contributed by atoms with Crippen LogP contribution in [0.2, 0.25) is 24.7 Å². The van der Waals surface area contributed by atoms with E-state index in [-0.39, 0.29) is 12.1 Å². The Morgan fingerprint density at radius 3 is 2.57 bits per heavy atom. The van der Waals surface area contributed by atoms with Crippen molar-refractivity contribution in [3.05, 3.63) is 63.9 Å². The van der Waals surface area contributed by atoms with E-state index >= 15 is 0 Å². The zero-order valence-corrected chi connectivity index (χ0v) is 28.1. The molecule has 2 aliphatic heterocycles. The van der Waals surface area contributed by atoms with Crippen molar-refractivity contribution in [2.45, 2.75) is 88.9 Å². The normalized spacial score (nSPS) is 21.4. The number of carbonyl (C=O) groups is 1. The molecule has 4 aromatic rings. The first kappa shape index (κ1) is 29.5. The summed E-state index contributed by atoms with van der Waals surface area (Å²) in [6.07, 6.45) is 6.50. The molecule has 2 atom stereocenters. The van der Waals surface area contributed by atoms with Gasteiger partial charge in [-0.2, -0.15) is 0 Å². The molecule has 1 saturated carbocycles. The van der Waals surface area contributed by atoms with Crippen LogP contribution in [0.3, 0.4) is 0 Å². The van der Waals surface area contributed by atoms with Crippen molar-refractivity contribution >= 4 is 52.3 Å². The second-order valence-electron chi connectivity index (χ2n) is 13.2. The minimum Gasteiger partial charge on any atom is -0.465 e. The summed E-state index contributed by atoms with van der Waals surface area (Å²) in [5.74, 6) is 4.39. The lowest BCUT2D eigenvalue weighted by Gasteiger charge is -2.38. The van der Waals surface area contributed by atoms with Gasteiger partial charge in [0.1, 0.15) is 19.5 Å². The van der Waals surface area contributed by atoms with Gasteiger partial charge in [-0.15, -0.1) is 5.54 Å². The number of halogens is 1. The number of fused-ring (bicyclic) bond motifs is 3. The number of carbonyl (C=O) groups excluding carboxylic acids is 1. The number of rotatable bonds is 7. The topological polar surface area (TPSA) is 77.7 Å². The van der Waals surface area contributed by atoms with Gasteiger partial charge >= 0.3 is 5.97 Å². The third-order valence-corrected chi connectivity index (χ3v) is 11.0. The molecule has 2 unspecified atom stereocenters. The highest BCUT2D eigenvalue weighted by atomic mass is 35.5. The summed E-state index contributed by atoms with van der Waals surface area (Å²) < 4.78 is 18.5. The van der Waals surface area contributed by atoms with Gasteiger partial charge in [-0.05, 0) is 56.7 Å². The largest absolute Gasteiger partial charge is 0.465 e. The molecule has 44 heavy (non-hydrogen) atoms. The molecule has 1 aliphatic carbocycles. The maximum Gasteiger partial charge on any atom is 0.337 e. The predicted octanol–water partition coefficient (Wildman–Crippen LogP) is 8.21. The van der Waals surface area contributed by atoms with Crippen molar-refractivity contribution in [3.63, 3.8) is 0 Å². The third kappa shape index (κ3) is 5.81. The van der Waals surface area contributed by atoms with Gasteiger partial charge in [0.05, 0.1) is 46.2 Å². The van der Waals surface area contributed by atoms with Crippen molar-refractivity contribution < 1.29 is 18.8 Å². The molecule has 2 aromatic heterocycles. The fourth-order valence-electron chi connectivity index (χ4n) is 6.48. The lowest BCUT2D eigenvalue weighted by atomic mass is 10.00. The molecule has 2 aromatic carbocycles. The second-order valence-corrected chi connectivity index (χ2v) is 19.3. The Morgan fingerprint density at radius 2 is 1.89 bits per heavy atom. The number of thiazole rings is 1. The number of ether oxygens (including phenoxy) is 2. The van der Waals surface area contributed by atoms with E-state index in [2.05, 4.69) is 41.2 Å². The summed E-state index contributed by atoms with van der Waals surface area (Å²) in [6.45, 7) is 7.11. The van der Waals surface area contributed by atoms with E-state index in [0.717, 1.165) is 82.0 Å². The minimum absolute atomic E-state index is 0.142. The van der Waals surface area contributed by atoms with Crippen LogP contribution in [0.5, 0.6) is 0 Å². The van der Waals surface area contributed by atoms with Crippen molar-refractivity contribution in [2.24, 2.45) is 0 Å². The molecule has 7 rings (SSSR count). The maximum atomic E-state index is 12.5. The Labute approximate surface area is 267 Å². The summed E-state index contributed by atoms with van der Waals surface area (Å²) in [4.78, 5) is 20.1. The zero-order chi connectivity index (χ0) is 30.6. The number of piperidine rings is 1. The van der Waals surface area contributed by atoms with E-state index in [1.54, 1.807) is 11.3 Å². The molecule has 0 spiro atoms. The minimum atomic E-state index is -1.63. The van der Waals surface area contributed by atoms with E-state index < -0.39 is 8.07 Å². The lowest BCUT2D eigenvalue weighted by Crippen LogP contribution is -2.45. The van der Waals surface area contributed by atoms with Gasteiger partial charge in [0.25, 0.3) is 0 Å². The second kappa shape index (κ2) is 11.6. The monoisotopic (exact) mass is 645 g/mol. The first-order valence-corrected chi connectivity index (χ1v) is 20.1. The van der Waals surface area contributed by atoms with Crippen LogP contribution in [-0.4, -0.2) is 49.5 Å². The van der Waals surface area contributed by atoms with Crippen LogP contribution in [-0.2, 0) is 16.1 Å². The van der Waals surface area contributed by atoms with Gasteiger partial charge in [0.15, 0.2) is 5.13 Å². The molecular formula is C34H36ClN3O4SSi. The van der Waals surface area contributed by atoms with Gasteiger partial charge in [-0.1, -0.05) is 71.9 Å². The fraction of sp³-hybridized carbons (Fsp3) is 0.441. The van der Waals surface area contributed by atoms with E-state index in [9.17, 15) is 4.79 Å². The zero-order valence-electron chi connectivity index (χ0n) is 25.5. The van der Waals surface area contributed by atoms with Gasteiger partial charge in [0.2, 0.25) is 0 Å². The quantitative estimate of drug-likeness (QED) is 0.114. The first-order chi connectivity index (χ1) is 21.2. The molecule has 0 radical (unpaired) electrons. The summed E-state index contributed by atoms with van der Waals surface area (Å²) >= 11 is 8.19. The first-order valence-electron chi connectivity index (χ1n) is 15.4. The number of methoxy groups -OCH3 is 1. The molecule has 0 amide bonds. The van der Waals surface area contributed by atoms with Crippen LogP contribution < -0.4 is 4.90 Å². The van der Waals surface area contributed by atoms with Crippen LogP contribution >= 0.6 is 22.9 Å². The molecule has 10 heteroatoms. The molecule has 0 N–H and O–H groups in total. The fourth-order valence-corrected chi connectivity index (χ4v) is 8.39. The van der Waals surface area contributed by atoms with Crippen LogP contribution in [0, 0.1) is 11.5 Å². The van der Waals surface area contributed by atoms with E-state index in [1.807, 2.05) is 36.4 Å². The van der Waals surface area contributed by atoms with Crippen LogP contribution in [0.25, 0.3) is 21.5 Å². The number of benzene rings is 2. The molecule has 2 bridgehead atoms. The van der Waals surface area contributed by atoms with E-state index in [1.165, 1.54) is 7.11 Å². The SMILES string of the molecule is COC(=O)c1cc(C#C[Si](C)(C)C)c2nc(N3C4CCC3CC(OCc3c(-c5ccccc5Cl)noc3C3CC3)C4)sc2c1. The highest BCUT2D eigenvalue weighted by Crippen LogP contribution is 2.46. The summed E-state index contributed by atoms with van der Waals surface area (Å²) in [6, 6.07) is 12.2. The average Bonchev–Trinajstić information content (AvgIpc) is 3.52. The van der Waals surface area contributed by atoms with Gasteiger partial charge in [-0.3, -0.25) is 0 Å². The molecule has 228 valence electrons. The number of anilines is 1.